The average molecular weight is 890 g/mol. The molecule has 8 atom stereocenters. The Morgan fingerprint density at radius 1 is 0.574 bits per heavy atom. The zero-order valence-corrected chi connectivity index (χ0v) is 38.7. The Balaban J connectivity index is 2.57. The largest absolute Gasteiger partial charge is 0.472 e. The van der Waals surface area contributed by atoms with Gasteiger partial charge in [0.15, 0.2) is 0 Å². The third kappa shape index (κ3) is 28.8. The average Bonchev–Trinajstić information content (AvgIpc) is 3.23. The lowest BCUT2D eigenvalue weighted by atomic mass is 9.85. The highest BCUT2D eigenvalue weighted by Crippen LogP contribution is 2.47. The first-order valence-corrected chi connectivity index (χ1v) is 25.5. The number of rotatable bonds is 39. The van der Waals surface area contributed by atoms with E-state index in [4.69, 9.17) is 9.05 Å². The van der Waals surface area contributed by atoms with E-state index in [1.54, 1.807) is 6.08 Å². The Morgan fingerprint density at radius 2 is 0.967 bits per heavy atom. The van der Waals surface area contributed by atoms with Crippen LogP contribution in [0.3, 0.4) is 0 Å². The molecule has 0 aromatic carbocycles. The summed E-state index contributed by atoms with van der Waals surface area (Å²) in [6, 6.07) is -1.26. The van der Waals surface area contributed by atoms with Crippen molar-refractivity contribution >= 4 is 13.7 Å². The first-order valence-electron chi connectivity index (χ1n) is 24.0. The summed E-state index contributed by atoms with van der Waals surface area (Å²) in [6.45, 7) is 3.72. The maximum atomic E-state index is 13.0. The summed E-state index contributed by atoms with van der Waals surface area (Å²) in [4.78, 5) is 23.4. The standard InChI is InChI=1S/C47H88NO12P/c1-3-5-7-9-11-13-15-17-19-21-22-24-26-28-30-32-34-38(49)36-41(51)48-39(37-59-61(57,58)60-47-45(55)43(53)42(52)44(54)46(47)56)40(50)35-33-31-29-27-25-23-20-18-16-14-12-10-8-6-4-2/h22,24-25,27,33,35,38-40,42-47,49-50,52-56H,3-21,23,26,28-32,34,36-37H2,1-2H3,(H,48,51)(H,57,58)/b24-22-,27-25+,35-33+. The number of nitrogens with one attached hydrogen (secondary N) is 1. The summed E-state index contributed by atoms with van der Waals surface area (Å²) in [5, 5.41) is 74.4. The zero-order chi connectivity index (χ0) is 45.1. The minimum Gasteiger partial charge on any atom is -0.393 e. The van der Waals surface area contributed by atoms with Gasteiger partial charge >= 0.3 is 7.82 Å². The smallest absolute Gasteiger partial charge is 0.393 e. The van der Waals surface area contributed by atoms with E-state index >= 15 is 0 Å². The normalized spacial score (nSPS) is 23.5. The summed E-state index contributed by atoms with van der Waals surface area (Å²) in [5.41, 5.74) is 0. The van der Waals surface area contributed by atoms with Gasteiger partial charge in [0.2, 0.25) is 5.91 Å². The predicted octanol–water partition coefficient (Wildman–Crippen LogP) is 8.14. The van der Waals surface area contributed by atoms with Crippen LogP contribution in [0.2, 0.25) is 0 Å². The van der Waals surface area contributed by atoms with Crippen molar-refractivity contribution in [2.24, 2.45) is 0 Å². The van der Waals surface area contributed by atoms with Gasteiger partial charge in [0.25, 0.3) is 0 Å². The Hall–Kier alpha value is -1.48. The molecule has 0 aromatic heterocycles. The monoisotopic (exact) mass is 890 g/mol. The molecule has 9 N–H and O–H groups in total. The number of hydrogen-bond acceptors (Lipinski definition) is 11. The summed E-state index contributed by atoms with van der Waals surface area (Å²) in [6.07, 6.45) is 28.1. The molecule has 0 bridgehead atoms. The second kappa shape index (κ2) is 36.8. The highest BCUT2D eigenvalue weighted by molar-refractivity contribution is 7.47. The summed E-state index contributed by atoms with van der Waals surface area (Å²) in [7, 11) is -5.15. The molecule has 1 rings (SSSR count). The van der Waals surface area contributed by atoms with Gasteiger partial charge < -0.3 is 46.0 Å². The maximum absolute atomic E-state index is 13.0. The van der Waals surface area contributed by atoms with E-state index in [0.717, 1.165) is 51.4 Å². The van der Waals surface area contributed by atoms with Gasteiger partial charge in [-0.2, -0.15) is 0 Å². The van der Waals surface area contributed by atoms with Crippen LogP contribution in [0.4, 0.5) is 0 Å². The molecule has 1 aliphatic rings. The quantitative estimate of drug-likeness (QED) is 0.0162. The Kier molecular flexibility index (Phi) is 34.7. The van der Waals surface area contributed by atoms with Crippen molar-refractivity contribution in [1.29, 1.82) is 0 Å². The number of aliphatic hydroxyl groups excluding tert-OH is 7. The molecule has 0 saturated heterocycles. The molecule has 1 aliphatic carbocycles. The van der Waals surface area contributed by atoms with Crippen molar-refractivity contribution in [1.82, 2.24) is 5.32 Å². The number of carbonyl (C=O) groups is 1. The highest BCUT2D eigenvalue weighted by atomic mass is 31.2. The van der Waals surface area contributed by atoms with E-state index in [2.05, 4.69) is 43.5 Å². The molecule has 13 nitrogen and oxygen atoms in total. The minimum absolute atomic E-state index is 0.263. The van der Waals surface area contributed by atoms with Crippen LogP contribution in [0.5, 0.6) is 0 Å². The van der Waals surface area contributed by atoms with Crippen molar-refractivity contribution in [3.05, 3.63) is 36.5 Å². The van der Waals surface area contributed by atoms with E-state index in [1.807, 2.05) is 0 Å². The van der Waals surface area contributed by atoms with E-state index < -0.39 is 75.2 Å². The van der Waals surface area contributed by atoms with Crippen molar-refractivity contribution in [2.45, 2.75) is 249 Å². The second-order valence-corrected chi connectivity index (χ2v) is 18.5. The van der Waals surface area contributed by atoms with Gasteiger partial charge in [0.05, 0.1) is 31.3 Å². The molecule has 0 aromatic rings. The number of phosphoric acid groups is 1. The Labute approximate surface area is 368 Å². The third-order valence-corrected chi connectivity index (χ3v) is 12.4. The van der Waals surface area contributed by atoms with Gasteiger partial charge in [-0.15, -0.1) is 0 Å². The van der Waals surface area contributed by atoms with E-state index in [-0.39, 0.29) is 6.42 Å². The molecule has 14 heteroatoms. The van der Waals surface area contributed by atoms with E-state index in [9.17, 15) is 50.0 Å². The number of hydrogen-bond donors (Lipinski definition) is 9. The van der Waals surface area contributed by atoms with Gasteiger partial charge in [-0.25, -0.2) is 4.57 Å². The fraction of sp³-hybridized carbons (Fsp3) is 0.851. The number of unbranched alkanes of at least 4 members (excludes halogenated alkanes) is 22. The van der Waals surface area contributed by atoms with E-state index in [0.29, 0.717) is 12.8 Å². The van der Waals surface area contributed by atoms with Crippen LogP contribution in [0.1, 0.15) is 194 Å². The van der Waals surface area contributed by atoms with Crippen LogP contribution < -0.4 is 5.32 Å². The highest BCUT2D eigenvalue weighted by Gasteiger charge is 2.51. The molecule has 61 heavy (non-hydrogen) atoms. The van der Waals surface area contributed by atoms with Gasteiger partial charge in [0, 0.05) is 0 Å². The number of carbonyl (C=O) groups excluding carboxylic acids is 1. The lowest BCUT2D eigenvalue weighted by Crippen LogP contribution is -2.64. The van der Waals surface area contributed by atoms with Crippen LogP contribution in [-0.4, -0.2) is 108 Å². The van der Waals surface area contributed by atoms with Crippen molar-refractivity contribution in [3.8, 4) is 0 Å². The first-order chi connectivity index (χ1) is 29.3. The number of aliphatic hydroxyl groups is 7. The van der Waals surface area contributed by atoms with Crippen molar-refractivity contribution < 1.29 is 59.0 Å². The van der Waals surface area contributed by atoms with E-state index in [1.165, 1.54) is 115 Å². The molecule has 1 fully saturated rings. The first kappa shape index (κ1) is 57.5. The fourth-order valence-electron chi connectivity index (χ4n) is 7.49. The number of allylic oxidation sites excluding steroid dienone is 5. The van der Waals surface area contributed by atoms with Gasteiger partial charge in [-0.3, -0.25) is 13.8 Å². The molecule has 358 valence electrons. The van der Waals surface area contributed by atoms with Gasteiger partial charge in [0.1, 0.15) is 36.6 Å². The van der Waals surface area contributed by atoms with Crippen LogP contribution in [0.15, 0.2) is 36.5 Å². The third-order valence-electron chi connectivity index (χ3n) is 11.4. The number of amides is 1. The molecule has 1 saturated carbocycles. The lowest BCUT2D eigenvalue weighted by molar-refractivity contribution is -0.220. The summed E-state index contributed by atoms with van der Waals surface area (Å²) >= 11 is 0. The van der Waals surface area contributed by atoms with Crippen molar-refractivity contribution in [3.63, 3.8) is 0 Å². The number of phosphoric ester groups is 1. The molecule has 0 heterocycles. The maximum Gasteiger partial charge on any atom is 0.472 e. The zero-order valence-electron chi connectivity index (χ0n) is 37.8. The second-order valence-electron chi connectivity index (χ2n) is 17.1. The summed E-state index contributed by atoms with van der Waals surface area (Å²) < 4.78 is 22.9. The summed E-state index contributed by atoms with van der Waals surface area (Å²) in [5.74, 6) is -0.612. The molecular formula is C47H88NO12P. The molecule has 0 radical (unpaired) electrons. The molecule has 1 amide bonds. The van der Waals surface area contributed by atoms with Gasteiger partial charge in [-0.05, 0) is 57.8 Å². The van der Waals surface area contributed by atoms with Crippen LogP contribution in [0, 0.1) is 0 Å². The predicted molar refractivity (Wildman–Crippen MR) is 243 cm³/mol. The Morgan fingerprint density at radius 3 is 1.44 bits per heavy atom. The van der Waals surface area contributed by atoms with Gasteiger partial charge in [-0.1, -0.05) is 166 Å². The Bertz CT molecular complexity index is 1190. The molecule has 0 spiro atoms. The topological polar surface area (TPSA) is 226 Å². The SMILES string of the molecule is CCCCCCCCCCC/C=C\CCCCCC(O)CC(=O)NC(COP(=O)(O)OC1C(O)C(O)C(O)C(O)C1O)C(O)/C=C/CC/C=C/CCCCCCCCCCC. The molecule has 8 unspecified atom stereocenters. The van der Waals surface area contributed by atoms with Crippen LogP contribution in [0.25, 0.3) is 0 Å². The minimum atomic E-state index is -5.15. The van der Waals surface area contributed by atoms with Crippen molar-refractivity contribution in [2.75, 3.05) is 6.61 Å². The van der Waals surface area contributed by atoms with Crippen LogP contribution in [-0.2, 0) is 18.4 Å². The molecule has 0 aliphatic heterocycles. The van der Waals surface area contributed by atoms with Crippen LogP contribution >= 0.6 is 7.82 Å². The fourth-order valence-corrected chi connectivity index (χ4v) is 8.45. The lowest BCUT2D eigenvalue weighted by Gasteiger charge is -2.41. The molecular weight excluding hydrogens is 801 g/mol.